The smallest absolute Gasteiger partial charge is 0.292 e. The zero-order valence-corrected chi connectivity index (χ0v) is 8.29. The molecule has 0 fully saturated rings. The van der Waals surface area contributed by atoms with Crippen molar-refractivity contribution in [2.24, 2.45) is 0 Å². The quantitative estimate of drug-likeness (QED) is 0.795. The Balaban J connectivity index is 1.95. The van der Waals surface area contributed by atoms with Gasteiger partial charge in [0.2, 0.25) is 5.95 Å². The Hall–Kier alpha value is -2.50. The number of hydrogen-bond acceptors (Lipinski definition) is 4. The number of aromatic nitrogens is 3. The minimum Gasteiger partial charge on any atom is -0.292 e. The monoisotopic (exact) mass is 215 g/mol. The van der Waals surface area contributed by atoms with Crippen LogP contribution in [0.2, 0.25) is 0 Å². The third-order valence-electron chi connectivity index (χ3n) is 1.70. The molecule has 6 heteroatoms. The maximum atomic E-state index is 11.4. The first-order valence-electron chi connectivity index (χ1n) is 4.60. The Labute approximate surface area is 91.8 Å². The van der Waals surface area contributed by atoms with Crippen LogP contribution in [0.5, 0.6) is 0 Å². The summed E-state index contributed by atoms with van der Waals surface area (Å²) < 4.78 is 0. The number of carbonyl (C=O) groups is 1. The molecule has 2 aromatic heterocycles. The lowest BCUT2D eigenvalue weighted by Gasteiger charge is -2.04. The predicted octanol–water partition coefficient (Wildman–Crippen LogP) is 1.52. The third kappa shape index (κ3) is 2.74. The second-order valence-corrected chi connectivity index (χ2v) is 2.87. The van der Waals surface area contributed by atoms with Crippen LogP contribution in [0, 0.1) is 0 Å². The fourth-order valence-corrected chi connectivity index (χ4v) is 1.05. The van der Waals surface area contributed by atoms with Gasteiger partial charge in [0.15, 0.2) is 0 Å². The molecule has 0 bridgehead atoms. The van der Waals surface area contributed by atoms with Gasteiger partial charge in [-0.25, -0.2) is 19.7 Å². The minimum atomic E-state index is -0.426. The fourth-order valence-electron chi connectivity index (χ4n) is 1.05. The average molecular weight is 215 g/mol. The normalized spacial score (nSPS) is 9.50. The molecule has 0 aromatic carbocycles. The lowest BCUT2D eigenvalue weighted by Crippen LogP contribution is -2.21. The van der Waals surface area contributed by atoms with Gasteiger partial charge in [0, 0.05) is 18.6 Å². The van der Waals surface area contributed by atoms with E-state index in [1.165, 1.54) is 0 Å². The highest BCUT2D eigenvalue weighted by Gasteiger charge is 2.03. The highest BCUT2D eigenvalue weighted by atomic mass is 16.2. The lowest BCUT2D eigenvalue weighted by atomic mass is 10.5. The van der Waals surface area contributed by atoms with E-state index in [1.807, 2.05) is 0 Å². The summed E-state index contributed by atoms with van der Waals surface area (Å²) in [6.45, 7) is 0. The Morgan fingerprint density at radius 2 is 1.69 bits per heavy atom. The molecule has 0 atom stereocenters. The molecule has 0 saturated carbocycles. The first kappa shape index (κ1) is 10.0. The number of nitrogens with one attached hydrogen (secondary N) is 2. The molecule has 0 aliphatic rings. The Kier molecular flexibility index (Phi) is 3.03. The van der Waals surface area contributed by atoms with E-state index in [4.69, 9.17) is 0 Å². The molecule has 0 radical (unpaired) electrons. The Morgan fingerprint density at radius 3 is 2.38 bits per heavy atom. The van der Waals surface area contributed by atoms with Crippen LogP contribution in [0.1, 0.15) is 0 Å². The van der Waals surface area contributed by atoms with E-state index in [2.05, 4.69) is 25.6 Å². The van der Waals surface area contributed by atoms with E-state index >= 15 is 0 Å². The van der Waals surface area contributed by atoms with Crippen LogP contribution in [0.15, 0.2) is 42.9 Å². The molecular formula is C10H9N5O. The molecule has 0 aliphatic carbocycles. The van der Waals surface area contributed by atoms with Crippen LogP contribution in [0.4, 0.5) is 16.6 Å². The average Bonchev–Trinajstić information content (AvgIpc) is 2.31. The standard InChI is InChI=1S/C10H9N5O/c16-10(14-8-4-1-2-5-11-8)15-9-12-6-3-7-13-9/h1-7H,(H2,11,12,13,14,15,16). The maximum absolute atomic E-state index is 11.4. The molecule has 2 heterocycles. The SMILES string of the molecule is O=C(Nc1ccccn1)Nc1ncccn1. The van der Waals surface area contributed by atoms with Crippen molar-refractivity contribution in [2.75, 3.05) is 10.6 Å². The van der Waals surface area contributed by atoms with Gasteiger partial charge >= 0.3 is 6.03 Å². The van der Waals surface area contributed by atoms with E-state index in [0.29, 0.717) is 5.82 Å². The summed E-state index contributed by atoms with van der Waals surface area (Å²) in [5.41, 5.74) is 0. The van der Waals surface area contributed by atoms with E-state index in [1.54, 1.807) is 42.9 Å². The van der Waals surface area contributed by atoms with Crippen molar-refractivity contribution in [1.29, 1.82) is 0 Å². The lowest BCUT2D eigenvalue weighted by molar-refractivity contribution is 0.262. The van der Waals surface area contributed by atoms with E-state index in [9.17, 15) is 4.79 Å². The van der Waals surface area contributed by atoms with Crippen molar-refractivity contribution in [1.82, 2.24) is 15.0 Å². The summed E-state index contributed by atoms with van der Waals surface area (Å²) in [5, 5.41) is 5.03. The van der Waals surface area contributed by atoms with Gasteiger partial charge < -0.3 is 0 Å². The van der Waals surface area contributed by atoms with Gasteiger partial charge in [-0.2, -0.15) is 0 Å². The van der Waals surface area contributed by atoms with Crippen molar-refractivity contribution in [3.8, 4) is 0 Å². The number of hydrogen-bond donors (Lipinski definition) is 2. The summed E-state index contributed by atoms with van der Waals surface area (Å²) in [5.74, 6) is 0.715. The minimum absolute atomic E-state index is 0.246. The molecule has 0 unspecified atom stereocenters. The number of pyridine rings is 1. The largest absolute Gasteiger partial charge is 0.327 e. The zero-order valence-electron chi connectivity index (χ0n) is 8.29. The second kappa shape index (κ2) is 4.83. The molecular weight excluding hydrogens is 206 g/mol. The number of urea groups is 1. The van der Waals surface area contributed by atoms with Gasteiger partial charge in [0.1, 0.15) is 5.82 Å². The van der Waals surface area contributed by atoms with Crippen LogP contribution in [-0.4, -0.2) is 21.0 Å². The zero-order chi connectivity index (χ0) is 11.2. The van der Waals surface area contributed by atoms with Gasteiger partial charge in [-0.05, 0) is 18.2 Å². The van der Waals surface area contributed by atoms with Gasteiger partial charge in [-0.1, -0.05) is 6.07 Å². The second-order valence-electron chi connectivity index (χ2n) is 2.87. The Morgan fingerprint density at radius 1 is 0.938 bits per heavy atom. The van der Waals surface area contributed by atoms with Gasteiger partial charge in [0.25, 0.3) is 0 Å². The molecule has 2 amide bonds. The topological polar surface area (TPSA) is 79.8 Å². The Bertz CT molecular complexity index is 416. The van der Waals surface area contributed by atoms with Crippen molar-refractivity contribution in [3.63, 3.8) is 0 Å². The summed E-state index contributed by atoms with van der Waals surface area (Å²) in [6.07, 6.45) is 4.68. The highest BCUT2D eigenvalue weighted by Crippen LogP contribution is 2.01. The molecule has 2 N–H and O–H groups in total. The predicted molar refractivity (Wildman–Crippen MR) is 58.9 cm³/mol. The van der Waals surface area contributed by atoms with Gasteiger partial charge in [0.05, 0.1) is 0 Å². The van der Waals surface area contributed by atoms with Gasteiger partial charge in [-0.15, -0.1) is 0 Å². The first-order chi connectivity index (χ1) is 7.84. The van der Waals surface area contributed by atoms with Crippen LogP contribution in [0.25, 0.3) is 0 Å². The summed E-state index contributed by atoms with van der Waals surface area (Å²) >= 11 is 0. The number of rotatable bonds is 2. The van der Waals surface area contributed by atoms with Crippen LogP contribution in [-0.2, 0) is 0 Å². The van der Waals surface area contributed by atoms with Crippen molar-refractivity contribution >= 4 is 17.8 Å². The van der Waals surface area contributed by atoms with Gasteiger partial charge in [-0.3, -0.25) is 10.6 Å². The van der Waals surface area contributed by atoms with E-state index in [-0.39, 0.29) is 5.95 Å². The fraction of sp³-hybridized carbons (Fsp3) is 0. The molecule has 6 nitrogen and oxygen atoms in total. The molecule has 0 spiro atoms. The third-order valence-corrected chi connectivity index (χ3v) is 1.70. The molecule has 0 saturated heterocycles. The highest BCUT2D eigenvalue weighted by molar-refractivity contribution is 5.97. The van der Waals surface area contributed by atoms with Crippen LogP contribution < -0.4 is 10.6 Å². The number of carbonyl (C=O) groups excluding carboxylic acids is 1. The van der Waals surface area contributed by atoms with E-state index in [0.717, 1.165) is 0 Å². The maximum Gasteiger partial charge on any atom is 0.327 e. The van der Waals surface area contributed by atoms with Crippen molar-refractivity contribution in [3.05, 3.63) is 42.9 Å². The molecule has 80 valence electrons. The van der Waals surface area contributed by atoms with Crippen molar-refractivity contribution < 1.29 is 4.79 Å². The van der Waals surface area contributed by atoms with Crippen LogP contribution in [0.3, 0.4) is 0 Å². The van der Waals surface area contributed by atoms with Crippen molar-refractivity contribution in [2.45, 2.75) is 0 Å². The number of nitrogens with zero attached hydrogens (tertiary/aromatic N) is 3. The summed E-state index contributed by atoms with van der Waals surface area (Å²) in [6, 6.07) is 6.48. The first-order valence-corrected chi connectivity index (χ1v) is 4.60. The number of anilines is 2. The molecule has 2 rings (SSSR count). The molecule has 0 aliphatic heterocycles. The number of amides is 2. The summed E-state index contributed by atoms with van der Waals surface area (Å²) in [4.78, 5) is 23.1. The summed E-state index contributed by atoms with van der Waals surface area (Å²) in [7, 11) is 0. The van der Waals surface area contributed by atoms with E-state index < -0.39 is 6.03 Å². The van der Waals surface area contributed by atoms with Crippen LogP contribution >= 0.6 is 0 Å². The molecule has 2 aromatic rings. The molecule has 16 heavy (non-hydrogen) atoms.